The minimum atomic E-state index is 0.308. The van der Waals surface area contributed by atoms with E-state index in [0.29, 0.717) is 12.2 Å². The number of aliphatic imine (C=N–C) groups is 1. The average Bonchev–Trinajstić information content (AvgIpc) is 2.74. The van der Waals surface area contributed by atoms with Gasteiger partial charge in [0.2, 0.25) is 0 Å². The SMILES string of the molecule is CCNC(=NCCc1ccccn1)N1CCC(OCC2CCCCO2)CC1. The van der Waals surface area contributed by atoms with Gasteiger partial charge in [-0.3, -0.25) is 9.98 Å². The van der Waals surface area contributed by atoms with Crippen LogP contribution in [0.1, 0.15) is 44.7 Å². The third-order valence-electron chi connectivity index (χ3n) is 5.22. The highest BCUT2D eigenvalue weighted by atomic mass is 16.5. The largest absolute Gasteiger partial charge is 0.376 e. The van der Waals surface area contributed by atoms with Crippen LogP contribution in [0.25, 0.3) is 0 Å². The molecule has 6 heteroatoms. The van der Waals surface area contributed by atoms with Crippen molar-refractivity contribution in [2.24, 2.45) is 4.99 Å². The highest BCUT2D eigenvalue weighted by Gasteiger charge is 2.23. The lowest BCUT2D eigenvalue weighted by molar-refractivity contribution is -0.0721. The van der Waals surface area contributed by atoms with Crippen LogP contribution in [0.3, 0.4) is 0 Å². The topological polar surface area (TPSA) is 59.0 Å². The first-order valence-electron chi connectivity index (χ1n) is 10.5. The predicted molar refractivity (Wildman–Crippen MR) is 108 cm³/mol. The van der Waals surface area contributed by atoms with Gasteiger partial charge in [-0.2, -0.15) is 0 Å². The molecule has 0 aromatic carbocycles. The van der Waals surface area contributed by atoms with Gasteiger partial charge in [0, 0.05) is 51.1 Å². The molecule has 1 atom stereocenters. The maximum Gasteiger partial charge on any atom is 0.193 e. The Kier molecular flexibility index (Phi) is 8.36. The van der Waals surface area contributed by atoms with Gasteiger partial charge in [0.25, 0.3) is 0 Å². The summed E-state index contributed by atoms with van der Waals surface area (Å²) in [4.78, 5) is 11.5. The molecule has 2 aliphatic heterocycles. The van der Waals surface area contributed by atoms with Crippen molar-refractivity contribution in [2.75, 3.05) is 39.4 Å². The van der Waals surface area contributed by atoms with E-state index in [0.717, 1.165) is 76.7 Å². The Bertz CT molecular complexity index is 553. The Morgan fingerprint density at radius 1 is 1.30 bits per heavy atom. The van der Waals surface area contributed by atoms with Crippen molar-refractivity contribution in [3.8, 4) is 0 Å². The van der Waals surface area contributed by atoms with E-state index in [1.54, 1.807) is 0 Å². The zero-order valence-electron chi connectivity index (χ0n) is 16.6. The maximum atomic E-state index is 6.13. The summed E-state index contributed by atoms with van der Waals surface area (Å²) in [6.07, 6.45) is 9.09. The van der Waals surface area contributed by atoms with Gasteiger partial charge in [-0.05, 0) is 51.2 Å². The zero-order valence-corrected chi connectivity index (χ0v) is 16.6. The van der Waals surface area contributed by atoms with Crippen LogP contribution in [0.4, 0.5) is 0 Å². The summed E-state index contributed by atoms with van der Waals surface area (Å²) in [5.41, 5.74) is 1.09. The zero-order chi connectivity index (χ0) is 18.7. The number of guanidine groups is 1. The molecular weight excluding hydrogens is 340 g/mol. The number of likely N-dealkylation sites (tertiary alicyclic amines) is 1. The molecule has 27 heavy (non-hydrogen) atoms. The number of pyridine rings is 1. The lowest BCUT2D eigenvalue weighted by Gasteiger charge is -2.35. The number of nitrogens with one attached hydrogen (secondary N) is 1. The van der Waals surface area contributed by atoms with Gasteiger partial charge in [0.05, 0.1) is 18.8 Å². The van der Waals surface area contributed by atoms with Crippen LogP contribution in [0, 0.1) is 0 Å². The molecule has 2 fully saturated rings. The second-order valence-corrected chi connectivity index (χ2v) is 7.32. The van der Waals surface area contributed by atoms with E-state index in [1.165, 1.54) is 12.8 Å². The highest BCUT2D eigenvalue weighted by molar-refractivity contribution is 5.80. The molecular formula is C21H34N4O2. The molecule has 0 radical (unpaired) electrons. The predicted octanol–water partition coefficient (Wildman–Crippen LogP) is 2.64. The molecule has 1 aromatic heterocycles. The van der Waals surface area contributed by atoms with Crippen molar-refractivity contribution in [3.63, 3.8) is 0 Å². The van der Waals surface area contributed by atoms with Crippen molar-refractivity contribution in [2.45, 2.75) is 57.7 Å². The summed E-state index contributed by atoms with van der Waals surface area (Å²) >= 11 is 0. The molecule has 1 N–H and O–H groups in total. The van der Waals surface area contributed by atoms with E-state index in [4.69, 9.17) is 14.5 Å². The van der Waals surface area contributed by atoms with Crippen LogP contribution in [-0.2, 0) is 15.9 Å². The fraction of sp³-hybridized carbons (Fsp3) is 0.714. The van der Waals surface area contributed by atoms with Gasteiger partial charge in [0.1, 0.15) is 0 Å². The first-order chi connectivity index (χ1) is 13.3. The number of nitrogens with zero attached hydrogens (tertiary/aromatic N) is 3. The summed E-state index contributed by atoms with van der Waals surface area (Å²) < 4.78 is 11.9. The van der Waals surface area contributed by atoms with Gasteiger partial charge >= 0.3 is 0 Å². The van der Waals surface area contributed by atoms with E-state index < -0.39 is 0 Å². The Balaban J connectivity index is 1.41. The number of aromatic nitrogens is 1. The fourth-order valence-corrected chi connectivity index (χ4v) is 3.66. The van der Waals surface area contributed by atoms with Crippen LogP contribution in [0.5, 0.6) is 0 Å². The molecule has 1 unspecified atom stereocenters. The Hall–Kier alpha value is -1.66. The maximum absolute atomic E-state index is 6.13. The third kappa shape index (κ3) is 6.78. The first-order valence-corrected chi connectivity index (χ1v) is 10.5. The molecule has 0 bridgehead atoms. The fourth-order valence-electron chi connectivity index (χ4n) is 3.66. The third-order valence-corrected chi connectivity index (χ3v) is 5.22. The normalized spacial score (nSPS) is 22.0. The van der Waals surface area contributed by atoms with Gasteiger partial charge in [-0.15, -0.1) is 0 Å². The molecule has 3 heterocycles. The van der Waals surface area contributed by atoms with Gasteiger partial charge in [-0.1, -0.05) is 6.07 Å². The summed E-state index contributed by atoms with van der Waals surface area (Å²) in [5, 5.41) is 3.43. The molecule has 0 spiro atoms. The van der Waals surface area contributed by atoms with Gasteiger partial charge in [0.15, 0.2) is 5.96 Å². The number of piperidine rings is 1. The van der Waals surface area contributed by atoms with Crippen molar-refractivity contribution in [1.82, 2.24) is 15.2 Å². The summed E-state index contributed by atoms with van der Waals surface area (Å²) in [7, 11) is 0. The van der Waals surface area contributed by atoms with Crippen molar-refractivity contribution in [1.29, 1.82) is 0 Å². The second-order valence-electron chi connectivity index (χ2n) is 7.32. The molecule has 150 valence electrons. The summed E-state index contributed by atoms with van der Waals surface area (Å²) in [6.45, 7) is 7.40. The van der Waals surface area contributed by atoms with Crippen molar-refractivity contribution >= 4 is 5.96 Å². The lowest BCUT2D eigenvalue weighted by Crippen LogP contribution is -2.47. The second kappa shape index (κ2) is 11.2. The monoisotopic (exact) mass is 374 g/mol. The van der Waals surface area contributed by atoms with Crippen molar-refractivity contribution in [3.05, 3.63) is 30.1 Å². The van der Waals surface area contributed by atoms with Crippen LogP contribution in [0.15, 0.2) is 29.4 Å². The minimum Gasteiger partial charge on any atom is -0.376 e. The lowest BCUT2D eigenvalue weighted by atomic mass is 10.1. The number of ether oxygens (including phenoxy) is 2. The van der Waals surface area contributed by atoms with Crippen LogP contribution < -0.4 is 5.32 Å². The standard InChI is InChI=1S/C21H34N4O2/c1-2-22-21(24-13-9-18-7-3-5-12-23-18)25-14-10-19(11-15-25)27-17-20-8-4-6-16-26-20/h3,5,7,12,19-20H,2,4,6,8-11,13-17H2,1H3,(H,22,24). The Labute approximate surface area is 163 Å². The number of rotatable bonds is 7. The molecule has 3 rings (SSSR count). The Morgan fingerprint density at radius 2 is 2.19 bits per heavy atom. The molecule has 6 nitrogen and oxygen atoms in total. The molecule has 0 amide bonds. The van der Waals surface area contributed by atoms with E-state index in [2.05, 4.69) is 28.2 Å². The quantitative estimate of drug-likeness (QED) is 0.587. The molecule has 0 aliphatic carbocycles. The van der Waals surface area contributed by atoms with Crippen LogP contribution >= 0.6 is 0 Å². The van der Waals surface area contributed by atoms with Crippen LogP contribution in [0.2, 0.25) is 0 Å². The molecule has 0 saturated carbocycles. The Morgan fingerprint density at radius 3 is 2.89 bits per heavy atom. The number of hydrogen-bond donors (Lipinski definition) is 1. The average molecular weight is 375 g/mol. The molecule has 1 aromatic rings. The highest BCUT2D eigenvalue weighted by Crippen LogP contribution is 2.18. The summed E-state index contributed by atoms with van der Waals surface area (Å²) in [6, 6.07) is 6.03. The smallest absolute Gasteiger partial charge is 0.193 e. The van der Waals surface area contributed by atoms with E-state index in [1.807, 2.05) is 18.3 Å². The van der Waals surface area contributed by atoms with E-state index in [9.17, 15) is 0 Å². The molecule has 2 saturated heterocycles. The van der Waals surface area contributed by atoms with Crippen molar-refractivity contribution < 1.29 is 9.47 Å². The van der Waals surface area contributed by atoms with Gasteiger partial charge < -0.3 is 19.7 Å². The minimum absolute atomic E-state index is 0.308. The van der Waals surface area contributed by atoms with Gasteiger partial charge in [-0.25, -0.2) is 0 Å². The number of hydrogen-bond acceptors (Lipinski definition) is 4. The van der Waals surface area contributed by atoms with Crippen LogP contribution in [-0.4, -0.2) is 67.4 Å². The molecule has 2 aliphatic rings. The van der Waals surface area contributed by atoms with E-state index >= 15 is 0 Å². The van der Waals surface area contributed by atoms with E-state index in [-0.39, 0.29) is 0 Å². The first kappa shape index (κ1) is 20.1. The summed E-state index contributed by atoms with van der Waals surface area (Å²) in [5.74, 6) is 1.02.